The van der Waals surface area contributed by atoms with Crippen molar-refractivity contribution in [3.8, 4) is 0 Å². The third kappa shape index (κ3) is 7.04. The normalized spacial score (nSPS) is 10.2. The average molecular weight is 522 g/mol. The molecule has 4 aromatic rings. The van der Waals surface area contributed by atoms with Gasteiger partial charge in [-0.3, -0.25) is 14.4 Å². The zero-order valence-electron chi connectivity index (χ0n) is 21.4. The lowest BCUT2D eigenvalue weighted by Crippen LogP contribution is -2.16. The lowest BCUT2D eigenvalue weighted by Gasteiger charge is -2.12. The fraction of sp³-hybridized carbons (Fsp3) is 0.0690. The SMILES string of the molecule is C=CC(=O)Nc1cccc(Nc2ncc(NC(=O)c3cc(NC(=O)c4cccc(NC)c4)ccc3C)cn2)c1. The van der Waals surface area contributed by atoms with Crippen molar-refractivity contribution < 1.29 is 14.4 Å². The summed E-state index contributed by atoms with van der Waals surface area (Å²) in [5, 5.41) is 14.4. The van der Waals surface area contributed by atoms with E-state index in [1.54, 1.807) is 67.7 Å². The minimum atomic E-state index is -0.365. The second kappa shape index (κ2) is 12.2. The fourth-order valence-corrected chi connectivity index (χ4v) is 3.62. The molecule has 3 amide bonds. The molecule has 5 N–H and O–H groups in total. The second-order valence-corrected chi connectivity index (χ2v) is 8.46. The van der Waals surface area contributed by atoms with Crippen molar-refractivity contribution in [3.63, 3.8) is 0 Å². The number of aryl methyl sites for hydroxylation is 1. The Morgan fingerprint density at radius 3 is 2.15 bits per heavy atom. The lowest BCUT2D eigenvalue weighted by molar-refractivity contribution is -0.111. The molecule has 1 aromatic heterocycles. The molecular weight excluding hydrogens is 494 g/mol. The first-order chi connectivity index (χ1) is 18.8. The molecular formula is C29H27N7O3. The summed E-state index contributed by atoms with van der Waals surface area (Å²) in [6.45, 7) is 5.25. The van der Waals surface area contributed by atoms with Gasteiger partial charge in [0.05, 0.1) is 18.1 Å². The van der Waals surface area contributed by atoms with Crippen molar-refractivity contribution in [2.24, 2.45) is 0 Å². The Morgan fingerprint density at radius 1 is 0.744 bits per heavy atom. The lowest BCUT2D eigenvalue weighted by atomic mass is 10.1. The summed E-state index contributed by atoms with van der Waals surface area (Å²) in [7, 11) is 1.78. The van der Waals surface area contributed by atoms with E-state index in [2.05, 4.69) is 43.1 Å². The number of carbonyl (C=O) groups excluding carboxylic acids is 3. The maximum Gasteiger partial charge on any atom is 0.256 e. The van der Waals surface area contributed by atoms with Gasteiger partial charge in [0.2, 0.25) is 11.9 Å². The predicted molar refractivity (Wildman–Crippen MR) is 154 cm³/mol. The second-order valence-electron chi connectivity index (χ2n) is 8.46. The number of hydrogen-bond acceptors (Lipinski definition) is 7. The van der Waals surface area contributed by atoms with Gasteiger partial charge in [0.1, 0.15) is 0 Å². The Morgan fingerprint density at radius 2 is 1.41 bits per heavy atom. The first-order valence-corrected chi connectivity index (χ1v) is 12.0. The van der Waals surface area contributed by atoms with Crippen LogP contribution in [0.15, 0.2) is 91.8 Å². The average Bonchev–Trinajstić information content (AvgIpc) is 2.95. The van der Waals surface area contributed by atoms with E-state index in [-0.39, 0.29) is 17.7 Å². The largest absolute Gasteiger partial charge is 0.388 e. The van der Waals surface area contributed by atoms with E-state index in [0.29, 0.717) is 39.8 Å². The van der Waals surface area contributed by atoms with Gasteiger partial charge < -0.3 is 26.6 Å². The van der Waals surface area contributed by atoms with Crippen LogP contribution < -0.4 is 26.6 Å². The molecule has 0 fully saturated rings. The maximum atomic E-state index is 13.0. The number of rotatable bonds is 9. The van der Waals surface area contributed by atoms with Crippen LogP contribution in [-0.2, 0) is 4.79 Å². The number of hydrogen-bond donors (Lipinski definition) is 5. The van der Waals surface area contributed by atoms with Crippen molar-refractivity contribution in [2.75, 3.05) is 33.6 Å². The van der Waals surface area contributed by atoms with Gasteiger partial charge in [-0.05, 0) is 67.1 Å². The van der Waals surface area contributed by atoms with Crippen LogP contribution in [0.1, 0.15) is 26.3 Å². The van der Waals surface area contributed by atoms with Crippen molar-refractivity contribution in [2.45, 2.75) is 6.92 Å². The molecule has 3 aromatic carbocycles. The molecule has 4 rings (SSSR count). The Balaban J connectivity index is 1.41. The summed E-state index contributed by atoms with van der Waals surface area (Å²) < 4.78 is 0. The molecule has 0 radical (unpaired) electrons. The molecule has 0 aliphatic rings. The minimum Gasteiger partial charge on any atom is -0.388 e. The third-order valence-electron chi connectivity index (χ3n) is 5.63. The van der Waals surface area contributed by atoms with Gasteiger partial charge in [-0.15, -0.1) is 0 Å². The molecule has 39 heavy (non-hydrogen) atoms. The quantitative estimate of drug-likeness (QED) is 0.191. The number of amides is 3. The highest BCUT2D eigenvalue weighted by atomic mass is 16.2. The molecule has 0 aliphatic heterocycles. The van der Waals surface area contributed by atoms with Crippen molar-refractivity contribution >= 4 is 52.1 Å². The maximum absolute atomic E-state index is 13.0. The van der Waals surface area contributed by atoms with Gasteiger partial charge in [0, 0.05) is 40.9 Å². The summed E-state index contributed by atoms with van der Waals surface area (Å²) in [4.78, 5) is 45.7. The van der Waals surface area contributed by atoms with Gasteiger partial charge in [0.25, 0.3) is 11.8 Å². The molecule has 0 atom stereocenters. The number of anilines is 6. The highest BCUT2D eigenvalue weighted by molar-refractivity contribution is 6.08. The van der Waals surface area contributed by atoms with Crippen LogP contribution in [0.25, 0.3) is 0 Å². The van der Waals surface area contributed by atoms with Crippen molar-refractivity contribution in [3.05, 3.63) is 108 Å². The summed E-state index contributed by atoms with van der Waals surface area (Å²) >= 11 is 0. The number of carbonyl (C=O) groups is 3. The number of aromatic nitrogens is 2. The highest BCUT2D eigenvalue weighted by Gasteiger charge is 2.13. The van der Waals surface area contributed by atoms with E-state index in [0.717, 1.165) is 11.3 Å². The van der Waals surface area contributed by atoms with Gasteiger partial charge in [-0.1, -0.05) is 24.8 Å². The molecule has 10 nitrogen and oxygen atoms in total. The van der Waals surface area contributed by atoms with Gasteiger partial charge in [-0.2, -0.15) is 0 Å². The summed E-state index contributed by atoms with van der Waals surface area (Å²) in [6, 6.07) is 19.3. The fourth-order valence-electron chi connectivity index (χ4n) is 3.62. The predicted octanol–water partition coefficient (Wildman–Crippen LogP) is 5.20. The van der Waals surface area contributed by atoms with Crippen LogP contribution in [-0.4, -0.2) is 34.7 Å². The minimum absolute atomic E-state index is 0.285. The smallest absolute Gasteiger partial charge is 0.256 e. The highest BCUT2D eigenvalue weighted by Crippen LogP contribution is 2.21. The molecule has 196 valence electrons. The van der Waals surface area contributed by atoms with Crippen LogP contribution >= 0.6 is 0 Å². The Hall–Kier alpha value is -5.51. The van der Waals surface area contributed by atoms with Crippen LogP contribution in [0.4, 0.5) is 34.4 Å². The zero-order valence-corrected chi connectivity index (χ0v) is 21.4. The number of nitrogens with zero attached hydrogens (tertiary/aromatic N) is 2. The monoisotopic (exact) mass is 521 g/mol. The standard InChI is InChI=1S/C29H27N7O3/c1-4-26(37)33-21-9-6-10-22(14-21)36-29-31-16-24(17-32-29)35-28(39)25-15-23(12-11-18(25)2)34-27(38)19-7-5-8-20(13-19)30-3/h4-17,30H,1H2,2-3H3,(H,33,37)(H,34,38)(H,35,39)(H,31,32,36). The van der Waals surface area contributed by atoms with E-state index in [9.17, 15) is 14.4 Å². The molecule has 0 saturated carbocycles. The van der Waals surface area contributed by atoms with Crippen molar-refractivity contribution in [1.29, 1.82) is 0 Å². The summed E-state index contributed by atoms with van der Waals surface area (Å²) in [5.41, 5.74) is 4.61. The topological polar surface area (TPSA) is 137 Å². The molecule has 0 aliphatic carbocycles. The molecule has 0 bridgehead atoms. The first-order valence-electron chi connectivity index (χ1n) is 12.0. The summed E-state index contributed by atoms with van der Waals surface area (Å²) in [5.74, 6) is -0.655. The van der Waals surface area contributed by atoms with E-state index in [4.69, 9.17) is 0 Å². The van der Waals surface area contributed by atoms with Crippen LogP contribution in [0, 0.1) is 6.92 Å². The van der Waals surface area contributed by atoms with E-state index >= 15 is 0 Å². The van der Waals surface area contributed by atoms with E-state index in [1.165, 1.54) is 18.5 Å². The van der Waals surface area contributed by atoms with Crippen LogP contribution in [0.2, 0.25) is 0 Å². The van der Waals surface area contributed by atoms with E-state index < -0.39 is 0 Å². The van der Waals surface area contributed by atoms with Crippen molar-refractivity contribution in [1.82, 2.24) is 9.97 Å². The van der Waals surface area contributed by atoms with E-state index in [1.807, 2.05) is 13.0 Å². The molecule has 1 heterocycles. The van der Waals surface area contributed by atoms with Crippen LogP contribution in [0.3, 0.4) is 0 Å². The van der Waals surface area contributed by atoms with Gasteiger partial charge in [-0.25, -0.2) is 9.97 Å². The zero-order chi connectivity index (χ0) is 27.8. The molecule has 0 unspecified atom stereocenters. The van der Waals surface area contributed by atoms with Gasteiger partial charge in [0.15, 0.2) is 0 Å². The Labute approximate surface area is 225 Å². The number of nitrogens with one attached hydrogen (secondary N) is 5. The molecule has 0 saturated heterocycles. The first kappa shape index (κ1) is 26.6. The summed E-state index contributed by atoms with van der Waals surface area (Å²) in [6.07, 6.45) is 4.15. The Kier molecular flexibility index (Phi) is 8.27. The third-order valence-corrected chi connectivity index (χ3v) is 5.63. The number of benzene rings is 3. The Bertz CT molecular complexity index is 1530. The van der Waals surface area contributed by atoms with Crippen LogP contribution in [0.5, 0.6) is 0 Å². The van der Waals surface area contributed by atoms with Gasteiger partial charge >= 0.3 is 0 Å². The molecule has 10 heteroatoms. The molecule has 0 spiro atoms.